The van der Waals surface area contributed by atoms with E-state index in [1.165, 1.54) is 6.26 Å². The number of amides is 2. The van der Waals surface area contributed by atoms with Crippen LogP contribution in [0.3, 0.4) is 0 Å². The average molecular weight is 448 g/mol. The van der Waals surface area contributed by atoms with Crippen LogP contribution < -0.4 is 14.5 Å². The van der Waals surface area contributed by atoms with Gasteiger partial charge in [0.15, 0.2) is 5.76 Å². The van der Waals surface area contributed by atoms with E-state index in [-0.39, 0.29) is 23.6 Å². The fourth-order valence-electron chi connectivity index (χ4n) is 4.10. The molecule has 0 saturated heterocycles. The molecule has 0 bridgehead atoms. The van der Waals surface area contributed by atoms with Gasteiger partial charge < -0.3 is 23.9 Å². The minimum absolute atomic E-state index is 0.0548. The molecule has 1 aliphatic heterocycles. The molecule has 7 heteroatoms. The van der Waals surface area contributed by atoms with Gasteiger partial charge in [-0.2, -0.15) is 0 Å². The number of likely N-dealkylation sites (N-methyl/N-ethyl adjacent to an activating group) is 1. The number of carbonyl (C=O) groups is 2. The van der Waals surface area contributed by atoms with Crippen LogP contribution in [-0.4, -0.2) is 56.5 Å². The Morgan fingerprint density at radius 2 is 1.79 bits per heavy atom. The first-order chi connectivity index (χ1) is 15.8. The highest BCUT2D eigenvalue weighted by Gasteiger charge is 2.34. The number of nitrogens with zero attached hydrogens (tertiary/aromatic N) is 3. The van der Waals surface area contributed by atoms with Crippen molar-refractivity contribution in [2.75, 3.05) is 43.6 Å². The van der Waals surface area contributed by atoms with Crippen LogP contribution in [-0.2, 0) is 4.79 Å². The summed E-state index contributed by atoms with van der Waals surface area (Å²) >= 11 is 0. The maximum atomic E-state index is 13.2. The number of ether oxygens (including phenoxy) is 1. The molecule has 1 aromatic heterocycles. The Hall–Kier alpha value is -3.58. The molecule has 4 rings (SSSR count). The SMILES string of the molecule is CC(=O)N1c2ccc(-c3ccc(OCCN(C)C)cc3)cc2N(C(=O)c2ccco2)CC1C. The lowest BCUT2D eigenvalue weighted by atomic mass is 10.00. The topological polar surface area (TPSA) is 66.2 Å². The number of anilines is 2. The van der Waals surface area contributed by atoms with Crippen molar-refractivity contribution in [1.29, 1.82) is 0 Å². The Morgan fingerprint density at radius 3 is 2.42 bits per heavy atom. The Morgan fingerprint density at radius 1 is 1.06 bits per heavy atom. The van der Waals surface area contributed by atoms with Crippen molar-refractivity contribution in [1.82, 2.24) is 4.90 Å². The number of benzene rings is 2. The van der Waals surface area contributed by atoms with E-state index in [0.29, 0.717) is 24.5 Å². The number of furan rings is 1. The largest absolute Gasteiger partial charge is 0.492 e. The minimum Gasteiger partial charge on any atom is -0.492 e. The van der Waals surface area contributed by atoms with E-state index in [4.69, 9.17) is 9.15 Å². The van der Waals surface area contributed by atoms with Crippen LogP contribution in [0, 0.1) is 0 Å². The summed E-state index contributed by atoms with van der Waals surface area (Å²) in [4.78, 5) is 31.1. The summed E-state index contributed by atoms with van der Waals surface area (Å²) < 4.78 is 11.2. The van der Waals surface area contributed by atoms with Crippen molar-refractivity contribution in [2.24, 2.45) is 0 Å². The summed E-state index contributed by atoms with van der Waals surface area (Å²) in [6.07, 6.45) is 1.49. The van der Waals surface area contributed by atoms with Crippen molar-refractivity contribution >= 4 is 23.2 Å². The Labute approximate surface area is 194 Å². The molecule has 1 aliphatic rings. The third kappa shape index (κ3) is 4.78. The molecule has 0 fully saturated rings. The van der Waals surface area contributed by atoms with Gasteiger partial charge in [-0.05, 0) is 68.5 Å². The highest BCUT2D eigenvalue weighted by atomic mass is 16.5. The zero-order chi connectivity index (χ0) is 23.5. The van der Waals surface area contributed by atoms with Crippen LogP contribution in [0.15, 0.2) is 65.3 Å². The van der Waals surface area contributed by atoms with E-state index >= 15 is 0 Å². The van der Waals surface area contributed by atoms with Crippen LogP contribution in [0.4, 0.5) is 11.4 Å². The van der Waals surface area contributed by atoms with Crippen LogP contribution in [0.2, 0.25) is 0 Å². The van der Waals surface area contributed by atoms with Crippen LogP contribution >= 0.6 is 0 Å². The van der Waals surface area contributed by atoms with Gasteiger partial charge in [-0.1, -0.05) is 18.2 Å². The zero-order valence-corrected chi connectivity index (χ0v) is 19.4. The Kier molecular flexibility index (Phi) is 6.51. The first kappa shape index (κ1) is 22.6. The molecule has 1 unspecified atom stereocenters. The van der Waals surface area contributed by atoms with Gasteiger partial charge in [-0.3, -0.25) is 9.59 Å². The van der Waals surface area contributed by atoms with E-state index in [2.05, 4.69) is 4.90 Å². The molecule has 1 atom stereocenters. The molecule has 0 N–H and O–H groups in total. The molecule has 0 aliphatic carbocycles. The maximum absolute atomic E-state index is 13.2. The van der Waals surface area contributed by atoms with Gasteiger partial charge in [0.2, 0.25) is 5.91 Å². The summed E-state index contributed by atoms with van der Waals surface area (Å²) in [5, 5.41) is 0. The second kappa shape index (κ2) is 9.50. The molecule has 0 saturated carbocycles. The second-order valence-electron chi connectivity index (χ2n) is 8.51. The first-order valence-corrected chi connectivity index (χ1v) is 11.0. The molecule has 2 amide bonds. The molecule has 3 aromatic rings. The summed E-state index contributed by atoms with van der Waals surface area (Å²) in [6, 6.07) is 16.9. The highest BCUT2D eigenvalue weighted by molar-refractivity contribution is 6.10. The van der Waals surface area contributed by atoms with Crippen molar-refractivity contribution in [2.45, 2.75) is 19.9 Å². The third-order valence-corrected chi connectivity index (χ3v) is 5.72. The second-order valence-corrected chi connectivity index (χ2v) is 8.51. The van der Waals surface area contributed by atoms with Gasteiger partial charge >= 0.3 is 0 Å². The van der Waals surface area contributed by atoms with Crippen LogP contribution in [0.5, 0.6) is 5.75 Å². The molecule has 0 radical (unpaired) electrons. The normalized spacial score (nSPS) is 15.5. The summed E-state index contributed by atoms with van der Waals surface area (Å²) in [7, 11) is 4.02. The highest BCUT2D eigenvalue weighted by Crippen LogP contribution is 2.39. The number of carbonyl (C=O) groups excluding carboxylic acids is 2. The van der Waals surface area contributed by atoms with Crippen LogP contribution in [0.25, 0.3) is 11.1 Å². The smallest absolute Gasteiger partial charge is 0.294 e. The standard InChI is InChI=1S/C26H29N3O4/c1-18-17-28(26(31)25-6-5-14-33-25)24-16-21(9-12-23(24)29(18)19(2)30)20-7-10-22(11-8-20)32-15-13-27(3)4/h5-12,14,16,18H,13,15,17H2,1-4H3. The van der Waals surface area contributed by atoms with Gasteiger partial charge in [0.25, 0.3) is 5.91 Å². The van der Waals surface area contributed by atoms with Crippen molar-refractivity contribution in [3.05, 3.63) is 66.6 Å². The zero-order valence-electron chi connectivity index (χ0n) is 19.4. The Balaban J connectivity index is 1.67. The molecular weight excluding hydrogens is 418 g/mol. The van der Waals surface area contributed by atoms with Crippen molar-refractivity contribution in [3.8, 4) is 16.9 Å². The van der Waals surface area contributed by atoms with E-state index in [1.807, 2.05) is 63.5 Å². The van der Waals surface area contributed by atoms with E-state index in [0.717, 1.165) is 23.4 Å². The molecular formula is C26H29N3O4. The number of hydrogen-bond donors (Lipinski definition) is 0. The van der Waals surface area contributed by atoms with Gasteiger partial charge in [0, 0.05) is 20.0 Å². The molecule has 0 spiro atoms. The molecule has 2 heterocycles. The van der Waals surface area contributed by atoms with Gasteiger partial charge in [0.1, 0.15) is 12.4 Å². The monoisotopic (exact) mass is 447 g/mol. The number of fused-ring (bicyclic) bond motifs is 1. The van der Waals surface area contributed by atoms with Gasteiger partial charge in [-0.25, -0.2) is 0 Å². The van der Waals surface area contributed by atoms with Gasteiger partial charge in [0.05, 0.1) is 23.7 Å². The lowest BCUT2D eigenvalue weighted by Crippen LogP contribution is -2.51. The summed E-state index contributed by atoms with van der Waals surface area (Å²) in [5.41, 5.74) is 3.35. The minimum atomic E-state index is -0.224. The van der Waals surface area contributed by atoms with Crippen molar-refractivity contribution < 1.29 is 18.7 Å². The average Bonchev–Trinajstić information content (AvgIpc) is 3.33. The van der Waals surface area contributed by atoms with Crippen LogP contribution in [0.1, 0.15) is 24.4 Å². The predicted molar refractivity (Wildman–Crippen MR) is 129 cm³/mol. The first-order valence-electron chi connectivity index (χ1n) is 11.0. The molecule has 7 nitrogen and oxygen atoms in total. The lowest BCUT2D eigenvalue weighted by Gasteiger charge is -2.40. The van der Waals surface area contributed by atoms with E-state index < -0.39 is 0 Å². The fraction of sp³-hybridized carbons (Fsp3) is 0.308. The summed E-state index contributed by atoms with van der Waals surface area (Å²) in [6.45, 7) is 5.34. The number of rotatable bonds is 6. The summed E-state index contributed by atoms with van der Waals surface area (Å²) in [5.74, 6) is 0.803. The number of hydrogen-bond acceptors (Lipinski definition) is 5. The maximum Gasteiger partial charge on any atom is 0.294 e. The molecule has 172 valence electrons. The fourth-order valence-corrected chi connectivity index (χ4v) is 4.10. The Bertz CT molecular complexity index is 1120. The van der Waals surface area contributed by atoms with E-state index in [1.54, 1.807) is 28.9 Å². The third-order valence-electron chi connectivity index (χ3n) is 5.72. The van der Waals surface area contributed by atoms with Gasteiger partial charge in [-0.15, -0.1) is 0 Å². The molecule has 33 heavy (non-hydrogen) atoms. The quantitative estimate of drug-likeness (QED) is 0.564. The van der Waals surface area contributed by atoms with Crippen molar-refractivity contribution in [3.63, 3.8) is 0 Å². The predicted octanol–water partition coefficient (Wildman–Crippen LogP) is 4.29. The molecule has 2 aromatic carbocycles. The lowest BCUT2D eigenvalue weighted by molar-refractivity contribution is -0.117. The van der Waals surface area contributed by atoms with E-state index in [9.17, 15) is 9.59 Å².